The Kier molecular flexibility index (Phi) is 3.60. The molecule has 0 aliphatic carbocycles. The maximum absolute atomic E-state index is 11.8. The Bertz CT molecular complexity index is 331. The van der Waals surface area contributed by atoms with Gasteiger partial charge >= 0.3 is 6.18 Å². The second-order valence-electron chi connectivity index (χ2n) is 2.35. The summed E-state index contributed by atoms with van der Waals surface area (Å²) < 4.78 is 40.0. The molecule has 1 rings (SSSR count). The molecule has 0 fully saturated rings. The molecule has 0 spiro atoms. The molecule has 1 heterocycles. The van der Waals surface area contributed by atoms with Crippen LogP contribution in [0.25, 0.3) is 0 Å². The topological polar surface area (TPSA) is 22.1 Å². The molecule has 0 unspecified atom stereocenters. The first-order chi connectivity index (χ1) is 6.38. The highest BCUT2D eigenvalue weighted by Gasteiger charge is 2.28. The third-order valence-corrected chi connectivity index (χ3v) is 1.97. The SMILES string of the molecule is FC(F)(F)COc1cc(Cl)cnc1Br. The fraction of sp³-hybridized carbons (Fsp3) is 0.286. The number of ether oxygens (including phenoxy) is 1. The minimum absolute atomic E-state index is 0.0326. The van der Waals surface area contributed by atoms with Gasteiger partial charge in [0.25, 0.3) is 0 Å². The maximum Gasteiger partial charge on any atom is 0.422 e. The van der Waals surface area contributed by atoms with Crippen molar-refractivity contribution in [1.29, 1.82) is 0 Å². The lowest BCUT2D eigenvalue weighted by atomic mass is 10.4. The van der Waals surface area contributed by atoms with Gasteiger partial charge in [0.15, 0.2) is 12.4 Å². The van der Waals surface area contributed by atoms with E-state index in [-0.39, 0.29) is 15.4 Å². The molecule has 0 N–H and O–H groups in total. The van der Waals surface area contributed by atoms with Gasteiger partial charge in [0.05, 0.1) is 5.02 Å². The van der Waals surface area contributed by atoms with E-state index in [4.69, 9.17) is 11.6 Å². The van der Waals surface area contributed by atoms with Crippen LogP contribution in [0, 0.1) is 0 Å². The molecule has 14 heavy (non-hydrogen) atoms. The van der Waals surface area contributed by atoms with Gasteiger partial charge in [-0.25, -0.2) is 4.98 Å². The highest BCUT2D eigenvalue weighted by Crippen LogP contribution is 2.27. The summed E-state index contributed by atoms with van der Waals surface area (Å²) in [4.78, 5) is 3.67. The fourth-order valence-electron chi connectivity index (χ4n) is 0.665. The second-order valence-corrected chi connectivity index (χ2v) is 3.53. The molecule has 78 valence electrons. The van der Waals surface area contributed by atoms with E-state index in [2.05, 4.69) is 25.7 Å². The Hall–Kier alpha value is -0.490. The number of hydrogen-bond acceptors (Lipinski definition) is 2. The Morgan fingerprint density at radius 3 is 2.71 bits per heavy atom. The molecule has 0 amide bonds. The van der Waals surface area contributed by atoms with Gasteiger partial charge in [-0.3, -0.25) is 0 Å². The smallest absolute Gasteiger partial charge is 0.422 e. The van der Waals surface area contributed by atoms with Crippen molar-refractivity contribution in [2.24, 2.45) is 0 Å². The molecule has 0 radical (unpaired) electrons. The molecule has 7 heteroatoms. The Morgan fingerprint density at radius 1 is 1.50 bits per heavy atom. The molecule has 2 nitrogen and oxygen atoms in total. The molecule has 0 bridgehead atoms. The van der Waals surface area contributed by atoms with Crippen LogP contribution in [-0.4, -0.2) is 17.8 Å². The summed E-state index contributed by atoms with van der Waals surface area (Å²) in [6, 6.07) is 1.25. The van der Waals surface area contributed by atoms with Crippen LogP contribution in [-0.2, 0) is 0 Å². The van der Waals surface area contributed by atoms with Crippen LogP contribution in [0.3, 0.4) is 0 Å². The molecule has 0 saturated carbocycles. The van der Waals surface area contributed by atoms with Gasteiger partial charge in [0, 0.05) is 12.3 Å². The minimum Gasteiger partial charge on any atom is -0.481 e. The molecule has 0 aliphatic rings. The number of pyridine rings is 1. The maximum atomic E-state index is 11.8. The first-order valence-corrected chi connectivity index (χ1v) is 4.56. The van der Waals surface area contributed by atoms with Gasteiger partial charge in [-0.2, -0.15) is 13.2 Å². The van der Waals surface area contributed by atoms with Crippen molar-refractivity contribution < 1.29 is 17.9 Å². The predicted octanol–water partition coefficient (Wildman–Crippen LogP) is 3.44. The van der Waals surface area contributed by atoms with E-state index in [1.54, 1.807) is 0 Å². The van der Waals surface area contributed by atoms with E-state index in [0.717, 1.165) is 0 Å². The summed E-state index contributed by atoms with van der Waals surface area (Å²) in [6.45, 7) is -1.37. The van der Waals surface area contributed by atoms with E-state index < -0.39 is 12.8 Å². The van der Waals surface area contributed by atoms with E-state index in [1.807, 2.05) is 0 Å². The molecule has 0 aliphatic heterocycles. The van der Waals surface area contributed by atoms with Crippen molar-refractivity contribution in [2.45, 2.75) is 6.18 Å². The van der Waals surface area contributed by atoms with Crippen molar-refractivity contribution in [3.05, 3.63) is 21.9 Å². The lowest BCUT2D eigenvalue weighted by molar-refractivity contribution is -0.153. The predicted molar refractivity (Wildman–Crippen MR) is 48.5 cm³/mol. The van der Waals surface area contributed by atoms with Gasteiger partial charge in [-0.1, -0.05) is 11.6 Å². The first-order valence-electron chi connectivity index (χ1n) is 3.39. The summed E-state index contributed by atoms with van der Waals surface area (Å²) in [5.41, 5.74) is 0. The monoisotopic (exact) mass is 289 g/mol. The Morgan fingerprint density at radius 2 is 2.14 bits per heavy atom. The highest BCUT2D eigenvalue weighted by atomic mass is 79.9. The third kappa shape index (κ3) is 3.71. The summed E-state index contributed by atoms with van der Waals surface area (Å²) in [7, 11) is 0. The van der Waals surface area contributed by atoms with Crippen LogP contribution in [0.15, 0.2) is 16.9 Å². The van der Waals surface area contributed by atoms with Crippen molar-refractivity contribution in [2.75, 3.05) is 6.61 Å². The van der Waals surface area contributed by atoms with Crippen molar-refractivity contribution >= 4 is 27.5 Å². The number of hydrogen-bond donors (Lipinski definition) is 0. The van der Waals surface area contributed by atoms with Gasteiger partial charge in [0.1, 0.15) is 4.60 Å². The zero-order chi connectivity index (χ0) is 10.8. The molecular weight excluding hydrogens is 286 g/mol. The van der Waals surface area contributed by atoms with Crippen LogP contribution >= 0.6 is 27.5 Å². The van der Waals surface area contributed by atoms with E-state index in [9.17, 15) is 13.2 Å². The minimum atomic E-state index is -4.37. The van der Waals surface area contributed by atoms with Crippen molar-refractivity contribution in [3.63, 3.8) is 0 Å². The highest BCUT2D eigenvalue weighted by molar-refractivity contribution is 9.10. The summed E-state index contributed by atoms with van der Waals surface area (Å²) >= 11 is 8.46. The quantitative estimate of drug-likeness (QED) is 0.778. The molecule has 0 atom stereocenters. The lowest BCUT2D eigenvalue weighted by Gasteiger charge is -2.09. The molecule has 0 aromatic carbocycles. The van der Waals surface area contributed by atoms with Crippen LogP contribution in [0.4, 0.5) is 13.2 Å². The first kappa shape index (κ1) is 11.6. The number of nitrogens with zero attached hydrogens (tertiary/aromatic N) is 1. The zero-order valence-corrected chi connectivity index (χ0v) is 8.95. The summed E-state index contributed by atoms with van der Waals surface area (Å²) in [5.74, 6) is -0.0326. The normalized spacial score (nSPS) is 11.5. The van der Waals surface area contributed by atoms with Crippen molar-refractivity contribution in [1.82, 2.24) is 4.98 Å². The second kappa shape index (κ2) is 4.35. The summed E-state index contributed by atoms with van der Waals surface area (Å²) in [5, 5.41) is 0.213. The number of alkyl halides is 3. The van der Waals surface area contributed by atoms with Crippen molar-refractivity contribution in [3.8, 4) is 5.75 Å². The summed E-state index contributed by atoms with van der Waals surface area (Å²) in [6.07, 6.45) is -3.08. The van der Waals surface area contributed by atoms with Crippen LogP contribution in [0.1, 0.15) is 0 Å². The zero-order valence-electron chi connectivity index (χ0n) is 6.61. The molecule has 0 saturated heterocycles. The van der Waals surface area contributed by atoms with Crippen LogP contribution in [0.5, 0.6) is 5.75 Å². The average Bonchev–Trinajstić information content (AvgIpc) is 2.05. The van der Waals surface area contributed by atoms with Crippen LogP contribution < -0.4 is 4.74 Å². The fourth-order valence-corrected chi connectivity index (χ4v) is 1.14. The van der Waals surface area contributed by atoms with E-state index >= 15 is 0 Å². The molecule has 1 aromatic heterocycles. The molecule has 1 aromatic rings. The molecular formula is C7H4BrClF3NO. The third-order valence-electron chi connectivity index (χ3n) is 1.16. The number of halogens is 5. The number of aromatic nitrogens is 1. The average molecular weight is 290 g/mol. The van der Waals surface area contributed by atoms with Gasteiger partial charge in [0.2, 0.25) is 0 Å². The van der Waals surface area contributed by atoms with E-state index in [1.165, 1.54) is 12.3 Å². The largest absolute Gasteiger partial charge is 0.481 e. The lowest BCUT2D eigenvalue weighted by Crippen LogP contribution is -2.19. The Labute approximate surface area is 91.2 Å². The Balaban J connectivity index is 2.72. The van der Waals surface area contributed by atoms with Gasteiger partial charge in [-0.15, -0.1) is 0 Å². The number of rotatable bonds is 2. The van der Waals surface area contributed by atoms with E-state index in [0.29, 0.717) is 0 Å². The van der Waals surface area contributed by atoms with Gasteiger partial charge in [-0.05, 0) is 15.9 Å². The van der Waals surface area contributed by atoms with Crippen LogP contribution in [0.2, 0.25) is 5.02 Å². The standard InChI is InChI=1S/C7H4BrClF3NO/c8-6-5(1-4(9)2-13-6)14-3-7(10,11)12/h1-2H,3H2. The van der Waals surface area contributed by atoms with Gasteiger partial charge < -0.3 is 4.74 Å².